The minimum atomic E-state index is 0.0791. The van der Waals surface area contributed by atoms with Crippen molar-refractivity contribution < 1.29 is 0 Å². The predicted molar refractivity (Wildman–Crippen MR) is 79.5 cm³/mol. The van der Waals surface area contributed by atoms with Crippen LogP contribution in [-0.2, 0) is 0 Å². The first-order chi connectivity index (χ1) is 9.29. The van der Waals surface area contributed by atoms with E-state index in [-0.39, 0.29) is 6.04 Å². The molecule has 0 amide bonds. The number of fused-ring (bicyclic) bond motifs is 1. The van der Waals surface area contributed by atoms with E-state index in [1.54, 1.807) is 11.3 Å². The van der Waals surface area contributed by atoms with Crippen LogP contribution in [-0.4, -0.2) is 17.0 Å². The Hall–Kier alpha value is -1.78. The topological polar surface area (TPSA) is 37.8 Å². The van der Waals surface area contributed by atoms with Gasteiger partial charge >= 0.3 is 0 Å². The summed E-state index contributed by atoms with van der Waals surface area (Å²) < 4.78 is 1.31. The van der Waals surface area contributed by atoms with Crippen LogP contribution in [0, 0.1) is 6.92 Å². The number of benzene rings is 1. The summed E-state index contributed by atoms with van der Waals surface area (Å²) in [7, 11) is 1.96. The smallest absolute Gasteiger partial charge is 0.0802 e. The average Bonchev–Trinajstić information content (AvgIpc) is 2.91. The number of thiophene rings is 1. The van der Waals surface area contributed by atoms with Crippen molar-refractivity contribution in [2.24, 2.45) is 0 Å². The SMILES string of the molecule is CNC(c1cnc(C)cn1)c1cccc2ccsc12. The number of hydrogen-bond donors (Lipinski definition) is 1. The second-order valence-electron chi connectivity index (χ2n) is 4.49. The van der Waals surface area contributed by atoms with Crippen molar-refractivity contribution in [2.75, 3.05) is 7.05 Å². The lowest BCUT2D eigenvalue weighted by Crippen LogP contribution is -2.19. The third-order valence-electron chi connectivity index (χ3n) is 3.21. The number of nitrogens with zero attached hydrogens (tertiary/aromatic N) is 2. The number of aromatic nitrogens is 2. The molecule has 4 heteroatoms. The van der Waals surface area contributed by atoms with Crippen LogP contribution >= 0.6 is 11.3 Å². The van der Waals surface area contributed by atoms with Crippen LogP contribution in [0.5, 0.6) is 0 Å². The fourth-order valence-corrected chi connectivity index (χ4v) is 3.20. The maximum absolute atomic E-state index is 4.50. The summed E-state index contributed by atoms with van der Waals surface area (Å²) in [5, 5.41) is 6.75. The standard InChI is InChI=1S/C15H15N3S/c1-10-8-18-13(9-17-10)14(16-2)12-5-3-4-11-6-7-19-15(11)12/h3-9,14,16H,1-2H3. The molecule has 0 saturated heterocycles. The zero-order chi connectivity index (χ0) is 13.2. The molecule has 0 bridgehead atoms. The largest absolute Gasteiger partial charge is 0.308 e. The maximum Gasteiger partial charge on any atom is 0.0802 e. The van der Waals surface area contributed by atoms with Crippen LogP contribution in [0.15, 0.2) is 42.0 Å². The Balaban J connectivity index is 2.11. The van der Waals surface area contributed by atoms with Crippen molar-refractivity contribution in [1.82, 2.24) is 15.3 Å². The summed E-state index contributed by atoms with van der Waals surface area (Å²) in [4.78, 5) is 8.84. The van der Waals surface area contributed by atoms with E-state index in [4.69, 9.17) is 0 Å². The summed E-state index contributed by atoms with van der Waals surface area (Å²) in [5.41, 5.74) is 3.15. The highest BCUT2D eigenvalue weighted by molar-refractivity contribution is 7.17. The summed E-state index contributed by atoms with van der Waals surface area (Å²) >= 11 is 1.77. The van der Waals surface area contributed by atoms with Crippen LogP contribution < -0.4 is 5.32 Å². The van der Waals surface area contributed by atoms with Crippen molar-refractivity contribution in [3.63, 3.8) is 0 Å². The van der Waals surface area contributed by atoms with Gasteiger partial charge in [-0.25, -0.2) is 0 Å². The highest BCUT2D eigenvalue weighted by atomic mass is 32.1. The molecule has 2 heterocycles. The molecular weight excluding hydrogens is 254 g/mol. The molecule has 0 saturated carbocycles. The molecule has 0 radical (unpaired) electrons. The summed E-state index contributed by atoms with van der Waals surface area (Å²) in [5.74, 6) is 0. The van der Waals surface area contributed by atoms with E-state index in [0.29, 0.717) is 0 Å². The third-order valence-corrected chi connectivity index (χ3v) is 4.19. The zero-order valence-electron chi connectivity index (χ0n) is 10.9. The highest BCUT2D eigenvalue weighted by Crippen LogP contribution is 2.31. The fraction of sp³-hybridized carbons (Fsp3) is 0.200. The first-order valence-electron chi connectivity index (χ1n) is 6.21. The van der Waals surface area contributed by atoms with Gasteiger partial charge in [0.2, 0.25) is 0 Å². The lowest BCUT2D eigenvalue weighted by molar-refractivity contribution is 0.671. The lowest BCUT2D eigenvalue weighted by Gasteiger charge is -2.16. The van der Waals surface area contributed by atoms with Gasteiger partial charge in [-0.1, -0.05) is 18.2 Å². The Kier molecular flexibility index (Phi) is 3.27. The first kappa shape index (κ1) is 12.3. The van der Waals surface area contributed by atoms with E-state index < -0.39 is 0 Å². The Morgan fingerprint density at radius 2 is 2.05 bits per heavy atom. The van der Waals surface area contributed by atoms with Gasteiger partial charge in [0, 0.05) is 10.9 Å². The van der Waals surface area contributed by atoms with Gasteiger partial charge in [-0.3, -0.25) is 9.97 Å². The van der Waals surface area contributed by atoms with Crippen LogP contribution in [0.1, 0.15) is 23.0 Å². The van der Waals surface area contributed by atoms with Gasteiger partial charge in [0.05, 0.1) is 23.6 Å². The average molecular weight is 269 g/mol. The molecule has 0 fully saturated rings. The molecule has 1 aromatic carbocycles. The molecule has 19 heavy (non-hydrogen) atoms. The number of rotatable bonds is 3. The van der Waals surface area contributed by atoms with E-state index >= 15 is 0 Å². The van der Waals surface area contributed by atoms with Crippen LogP contribution in [0.4, 0.5) is 0 Å². The maximum atomic E-state index is 4.50. The van der Waals surface area contributed by atoms with Gasteiger partial charge in [-0.15, -0.1) is 11.3 Å². The predicted octanol–water partition coefficient (Wildman–Crippen LogP) is 3.31. The van der Waals surface area contributed by atoms with Gasteiger partial charge in [-0.2, -0.15) is 0 Å². The molecule has 1 atom stereocenters. The molecule has 3 aromatic rings. The summed E-state index contributed by atoms with van der Waals surface area (Å²) in [6.07, 6.45) is 3.66. The Labute approximate surface area is 116 Å². The van der Waals surface area contributed by atoms with Crippen molar-refractivity contribution in [3.8, 4) is 0 Å². The van der Waals surface area contributed by atoms with Crippen LogP contribution in [0.3, 0.4) is 0 Å². The van der Waals surface area contributed by atoms with E-state index in [1.165, 1.54) is 15.6 Å². The lowest BCUT2D eigenvalue weighted by atomic mass is 10.0. The van der Waals surface area contributed by atoms with Crippen molar-refractivity contribution in [3.05, 3.63) is 59.0 Å². The summed E-state index contributed by atoms with van der Waals surface area (Å²) in [6.45, 7) is 1.95. The molecule has 1 unspecified atom stereocenters. The molecule has 2 aromatic heterocycles. The Bertz CT molecular complexity index is 688. The van der Waals surface area contributed by atoms with E-state index in [9.17, 15) is 0 Å². The minimum Gasteiger partial charge on any atom is -0.308 e. The molecule has 3 nitrogen and oxygen atoms in total. The van der Waals surface area contributed by atoms with Gasteiger partial charge < -0.3 is 5.32 Å². The molecule has 1 N–H and O–H groups in total. The second-order valence-corrected chi connectivity index (χ2v) is 5.41. The molecular formula is C15H15N3S. The van der Waals surface area contributed by atoms with Gasteiger partial charge in [-0.05, 0) is 36.4 Å². The molecule has 0 spiro atoms. The van der Waals surface area contributed by atoms with Gasteiger partial charge in [0.15, 0.2) is 0 Å². The molecule has 3 rings (SSSR count). The van der Waals surface area contributed by atoms with E-state index in [0.717, 1.165) is 11.4 Å². The van der Waals surface area contributed by atoms with Crippen molar-refractivity contribution in [1.29, 1.82) is 0 Å². The zero-order valence-corrected chi connectivity index (χ0v) is 11.7. The second kappa shape index (κ2) is 5.07. The fourth-order valence-electron chi connectivity index (χ4n) is 2.26. The summed E-state index contributed by atoms with van der Waals surface area (Å²) in [6, 6.07) is 8.62. The van der Waals surface area contributed by atoms with E-state index in [1.807, 2.05) is 26.4 Å². The number of nitrogens with one attached hydrogen (secondary N) is 1. The monoisotopic (exact) mass is 269 g/mol. The molecule has 0 aliphatic rings. The van der Waals surface area contributed by atoms with Crippen molar-refractivity contribution >= 4 is 21.4 Å². The molecule has 0 aliphatic heterocycles. The quantitative estimate of drug-likeness (QED) is 0.792. The molecule has 0 aliphatic carbocycles. The van der Waals surface area contributed by atoms with E-state index in [2.05, 4.69) is 44.9 Å². The van der Waals surface area contributed by atoms with Crippen LogP contribution in [0.25, 0.3) is 10.1 Å². The third kappa shape index (κ3) is 2.25. The van der Waals surface area contributed by atoms with Crippen molar-refractivity contribution in [2.45, 2.75) is 13.0 Å². The number of aryl methyl sites for hydroxylation is 1. The van der Waals surface area contributed by atoms with Gasteiger partial charge in [0.1, 0.15) is 0 Å². The minimum absolute atomic E-state index is 0.0791. The Morgan fingerprint density at radius 3 is 2.79 bits per heavy atom. The Morgan fingerprint density at radius 1 is 1.16 bits per heavy atom. The van der Waals surface area contributed by atoms with Crippen LogP contribution in [0.2, 0.25) is 0 Å². The number of hydrogen-bond acceptors (Lipinski definition) is 4. The highest BCUT2D eigenvalue weighted by Gasteiger charge is 2.16. The normalized spacial score (nSPS) is 12.7. The molecule has 96 valence electrons. The van der Waals surface area contributed by atoms with Gasteiger partial charge in [0.25, 0.3) is 0 Å². The first-order valence-corrected chi connectivity index (χ1v) is 7.09.